The lowest BCUT2D eigenvalue weighted by molar-refractivity contribution is 0.414. The Labute approximate surface area is 91.0 Å². The monoisotopic (exact) mass is 212 g/mol. The van der Waals surface area contributed by atoms with Gasteiger partial charge in [0.15, 0.2) is 0 Å². The maximum absolute atomic E-state index is 6.24. The first-order chi connectivity index (χ1) is 6.77. The van der Waals surface area contributed by atoms with Crippen LogP contribution in [0.5, 0.6) is 5.75 Å². The molecule has 0 saturated carbocycles. The molecule has 1 atom stereocenters. The van der Waals surface area contributed by atoms with Gasteiger partial charge in [-0.25, -0.2) is 0 Å². The summed E-state index contributed by atoms with van der Waals surface area (Å²) in [6.07, 6.45) is 3.42. The van der Waals surface area contributed by atoms with Gasteiger partial charge in [0, 0.05) is 0 Å². The molecule has 0 heterocycles. The summed E-state index contributed by atoms with van der Waals surface area (Å²) in [5, 5.41) is 0.140. The number of hydrogen-bond acceptors (Lipinski definition) is 1. The van der Waals surface area contributed by atoms with E-state index in [4.69, 9.17) is 16.3 Å². The minimum Gasteiger partial charge on any atom is -0.497 e. The summed E-state index contributed by atoms with van der Waals surface area (Å²) in [5.74, 6) is 0.883. The molecule has 0 radical (unpaired) electrons. The van der Waals surface area contributed by atoms with Gasteiger partial charge in [-0.2, -0.15) is 0 Å². The number of alkyl halides is 1. The van der Waals surface area contributed by atoms with E-state index in [0.29, 0.717) is 0 Å². The second-order valence-corrected chi connectivity index (χ2v) is 3.91. The summed E-state index contributed by atoms with van der Waals surface area (Å²) in [6.45, 7) is 2.18. The molecule has 0 aliphatic heterocycles. The van der Waals surface area contributed by atoms with E-state index in [0.717, 1.165) is 12.2 Å². The molecule has 0 aliphatic carbocycles. The highest BCUT2D eigenvalue weighted by Crippen LogP contribution is 2.27. The molecule has 0 aliphatic rings. The molecule has 1 unspecified atom stereocenters. The van der Waals surface area contributed by atoms with Crippen LogP contribution in [0.1, 0.15) is 37.1 Å². The van der Waals surface area contributed by atoms with E-state index < -0.39 is 0 Å². The summed E-state index contributed by atoms with van der Waals surface area (Å²) in [5.41, 5.74) is 1.18. The van der Waals surface area contributed by atoms with Gasteiger partial charge in [0.1, 0.15) is 5.75 Å². The van der Waals surface area contributed by atoms with Crippen LogP contribution in [0.2, 0.25) is 0 Å². The Morgan fingerprint density at radius 2 is 1.93 bits per heavy atom. The molecule has 0 spiro atoms. The van der Waals surface area contributed by atoms with Crippen LogP contribution in [0.15, 0.2) is 24.3 Å². The highest BCUT2D eigenvalue weighted by atomic mass is 35.5. The van der Waals surface area contributed by atoms with Crippen LogP contribution in [0.25, 0.3) is 0 Å². The molecule has 78 valence electrons. The number of ether oxygens (including phenoxy) is 1. The Balaban J connectivity index is 2.57. The fraction of sp³-hybridized carbons (Fsp3) is 0.500. The topological polar surface area (TPSA) is 9.23 Å². The quantitative estimate of drug-likeness (QED) is 0.666. The van der Waals surface area contributed by atoms with Crippen molar-refractivity contribution in [3.8, 4) is 5.75 Å². The molecular weight excluding hydrogens is 196 g/mol. The average Bonchev–Trinajstić information content (AvgIpc) is 2.26. The van der Waals surface area contributed by atoms with E-state index in [1.54, 1.807) is 7.11 Å². The van der Waals surface area contributed by atoms with Crippen molar-refractivity contribution in [3.63, 3.8) is 0 Å². The Hall–Kier alpha value is -0.690. The average molecular weight is 213 g/mol. The standard InChI is InChI=1S/C12H17ClO/c1-3-4-5-12(13)10-6-8-11(14-2)9-7-10/h6-9,12H,3-5H2,1-2H3. The first kappa shape index (κ1) is 11.4. The first-order valence-corrected chi connectivity index (χ1v) is 5.49. The summed E-state index contributed by atoms with van der Waals surface area (Å²) in [7, 11) is 1.67. The van der Waals surface area contributed by atoms with Crippen molar-refractivity contribution >= 4 is 11.6 Å². The minimum atomic E-state index is 0.140. The number of benzene rings is 1. The van der Waals surface area contributed by atoms with Gasteiger partial charge in [0.25, 0.3) is 0 Å². The zero-order valence-electron chi connectivity index (χ0n) is 8.79. The van der Waals surface area contributed by atoms with Crippen molar-refractivity contribution in [2.24, 2.45) is 0 Å². The molecule has 0 N–H and O–H groups in total. The number of rotatable bonds is 5. The van der Waals surface area contributed by atoms with Crippen molar-refractivity contribution in [2.75, 3.05) is 7.11 Å². The molecule has 2 heteroatoms. The normalized spacial score (nSPS) is 12.5. The van der Waals surface area contributed by atoms with E-state index in [2.05, 4.69) is 6.92 Å². The van der Waals surface area contributed by atoms with Crippen molar-refractivity contribution in [1.29, 1.82) is 0 Å². The third-order valence-corrected chi connectivity index (χ3v) is 2.76. The molecule has 1 aromatic carbocycles. The van der Waals surface area contributed by atoms with Gasteiger partial charge >= 0.3 is 0 Å². The lowest BCUT2D eigenvalue weighted by Gasteiger charge is -2.09. The van der Waals surface area contributed by atoms with E-state index in [1.807, 2.05) is 24.3 Å². The number of methoxy groups -OCH3 is 1. The third kappa shape index (κ3) is 3.22. The predicted molar refractivity (Wildman–Crippen MR) is 61.1 cm³/mol. The molecule has 0 amide bonds. The third-order valence-electron chi connectivity index (χ3n) is 2.29. The lowest BCUT2D eigenvalue weighted by atomic mass is 10.1. The largest absolute Gasteiger partial charge is 0.497 e. The van der Waals surface area contributed by atoms with Crippen LogP contribution in [0, 0.1) is 0 Å². The van der Waals surface area contributed by atoms with Crippen molar-refractivity contribution < 1.29 is 4.74 Å². The molecular formula is C12H17ClO. The van der Waals surface area contributed by atoms with Crippen LogP contribution >= 0.6 is 11.6 Å². The highest BCUT2D eigenvalue weighted by molar-refractivity contribution is 6.20. The number of hydrogen-bond donors (Lipinski definition) is 0. The van der Waals surface area contributed by atoms with Crippen LogP contribution in [0.3, 0.4) is 0 Å². The molecule has 1 aromatic rings. The van der Waals surface area contributed by atoms with Gasteiger partial charge in [0.2, 0.25) is 0 Å². The van der Waals surface area contributed by atoms with E-state index in [9.17, 15) is 0 Å². The Bertz CT molecular complexity index is 256. The van der Waals surface area contributed by atoms with Crippen molar-refractivity contribution in [2.45, 2.75) is 31.6 Å². The predicted octanol–water partition coefficient (Wildman–Crippen LogP) is 4.17. The van der Waals surface area contributed by atoms with Crippen LogP contribution < -0.4 is 4.74 Å². The fourth-order valence-corrected chi connectivity index (χ4v) is 1.66. The first-order valence-electron chi connectivity index (χ1n) is 5.06. The maximum atomic E-state index is 6.24. The van der Waals surface area contributed by atoms with Crippen molar-refractivity contribution in [3.05, 3.63) is 29.8 Å². The number of halogens is 1. The molecule has 14 heavy (non-hydrogen) atoms. The zero-order valence-corrected chi connectivity index (χ0v) is 9.55. The highest BCUT2D eigenvalue weighted by Gasteiger charge is 2.06. The van der Waals surface area contributed by atoms with Gasteiger partial charge < -0.3 is 4.74 Å². The number of unbranched alkanes of at least 4 members (excludes halogenated alkanes) is 1. The Kier molecular flexibility index (Phi) is 4.81. The molecule has 0 aromatic heterocycles. The molecule has 1 nitrogen and oxygen atoms in total. The zero-order chi connectivity index (χ0) is 10.4. The van der Waals surface area contributed by atoms with E-state index in [1.165, 1.54) is 18.4 Å². The molecule has 0 fully saturated rings. The second-order valence-electron chi connectivity index (χ2n) is 3.38. The summed E-state index contributed by atoms with van der Waals surface area (Å²) in [4.78, 5) is 0. The Morgan fingerprint density at radius 3 is 2.43 bits per heavy atom. The summed E-state index contributed by atoms with van der Waals surface area (Å²) in [6, 6.07) is 7.98. The molecule has 1 rings (SSSR count). The molecule has 0 saturated heterocycles. The second kappa shape index (κ2) is 5.92. The Morgan fingerprint density at radius 1 is 1.29 bits per heavy atom. The van der Waals surface area contributed by atoms with Gasteiger partial charge in [-0.3, -0.25) is 0 Å². The van der Waals surface area contributed by atoms with Crippen LogP contribution in [-0.4, -0.2) is 7.11 Å². The fourth-order valence-electron chi connectivity index (χ4n) is 1.36. The summed E-state index contributed by atoms with van der Waals surface area (Å²) < 4.78 is 5.09. The van der Waals surface area contributed by atoms with Crippen LogP contribution in [-0.2, 0) is 0 Å². The van der Waals surface area contributed by atoms with Gasteiger partial charge in [-0.15, -0.1) is 11.6 Å². The van der Waals surface area contributed by atoms with Crippen molar-refractivity contribution in [1.82, 2.24) is 0 Å². The lowest BCUT2D eigenvalue weighted by Crippen LogP contribution is -1.91. The summed E-state index contributed by atoms with van der Waals surface area (Å²) >= 11 is 6.24. The SMILES string of the molecule is CCCCC(Cl)c1ccc(OC)cc1. The van der Waals surface area contributed by atoms with Gasteiger partial charge in [-0.05, 0) is 24.1 Å². The maximum Gasteiger partial charge on any atom is 0.118 e. The minimum absolute atomic E-state index is 0.140. The molecule has 0 bridgehead atoms. The van der Waals surface area contributed by atoms with Gasteiger partial charge in [0.05, 0.1) is 12.5 Å². The van der Waals surface area contributed by atoms with Crippen LogP contribution in [0.4, 0.5) is 0 Å². The van der Waals surface area contributed by atoms with Gasteiger partial charge in [-0.1, -0.05) is 31.9 Å². The van der Waals surface area contributed by atoms with E-state index >= 15 is 0 Å². The van der Waals surface area contributed by atoms with E-state index in [-0.39, 0.29) is 5.38 Å². The smallest absolute Gasteiger partial charge is 0.118 e.